The molecule has 0 saturated heterocycles. The lowest BCUT2D eigenvalue weighted by Crippen LogP contribution is -2.27. The lowest BCUT2D eigenvalue weighted by atomic mass is 10.1. The van der Waals surface area contributed by atoms with Crippen LogP contribution in [0.15, 0.2) is 18.2 Å². The number of hydrogen-bond donors (Lipinski definition) is 2. The van der Waals surface area contributed by atoms with Crippen molar-refractivity contribution in [1.29, 1.82) is 0 Å². The normalized spacial score (nSPS) is 9.77. The zero-order chi connectivity index (χ0) is 10.0. The van der Waals surface area contributed by atoms with Gasteiger partial charge in [0.05, 0.1) is 5.69 Å². The predicted molar refractivity (Wildman–Crippen MR) is 57.0 cm³/mol. The van der Waals surface area contributed by atoms with Crippen molar-refractivity contribution in [3.63, 3.8) is 0 Å². The van der Waals surface area contributed by atoms with E-state index in [0.29, 0.717) is 5.69 Å². The fraction of sp³-hybridized carbons (Fsp3) is 0.222. The second kappa shape index (κ2) is 3.70. The summed E-state index contributed by atoms with van der Waals surface area (Å²) in [6, 6.07) is 5.15. The van der Waals surface area contributed by atoms with Gasteiger partial charge in [-0.2, -0.15) is 0 Å². The molecule has 0 unspecified atom stereocenters. The molecule has 1 aromatic rings. The van der Waals surface area contributed by atoms with E-state index in [2.05, 4.69) is 12.8 Å². The summed E-state index contributed by atoms with van der Waals surface area (Å²) in [4.78, 5) is 10.8. The number of primary amides is 1. The Morgan fingerprint density at radius 1 is 1.31 bits per heavy atom. The molecule has 0 aliphatic rings. The number of benzene rings is 1. The Labute approximate surface area is 83.1 Å². The Kier molecular flexibility index (Phi) is 2.83. The van der Waals surface area contributed by atoms with Crippen LogP contribution in [0.4, 0.5) is 10.5 Å². The average molecular weight is 196 g/mol. The number of rotatable bonds is 1. The topological polar surface area (TPSA) is 46.3 Å². The van der Waals surface area contributed by atoms with Crippen molar-refractivity contribution in [2.75, 3.05) is 4.31 Å². The monoisotopic (exact) mass is 196 g/mol. The molecule has 2 N–H and O–H groups in total. The maximum atomic E-state index is 10.8. The van der Waals surface area contributed by atoms with E-state index in [9.17, 15) is 4.79 Å². The number of amides is 2. The predicted octanol–water partition coefficient (Wildman–Crippen LogP) is 2.03. The fourth-order valence-electron chi connectivity index (χ4n) is 1.20. The third-order valence-electron chi connectivity index (χ3n) is 1.66. The van der Waals surface area contributed by atoms with E-state index in [1.54, 1.807) is 0 Å². The highest BCUT2D eigenvalue weighted by molar-refractivity contribution is 7.82. The summed E-state index contributed by atoms with van der Waals surface area (Å²) in [6.45, 7) is 3.91. The number of anilines is 1. The van der Waals surface area contributed by atoms with Crippen LogP contribution < -0.4 is 10.0 Å². The molecule has 1 rings (SSSR count). The first-order valence-electron chi connectivity index (χ1n) is 3.87. The molecule has 0 aromatic heterocycles. The summed E-state index contributed by atoms with van der Waals surface area (Å²) in [5.74, 6) is 0. The van der Waals surface area contributed by atoms with Gasteiger partial charge in [-0.25, -0.2) is 9.10 Å². The molecule has 13 heavy (non-hydrogen) atoms. The van der Waals surface area contributed by atoms with E-state index in [-0.39, 0.29) is 0 Å². The number of carbonyl (C=O) groups is 1. The maximum Gasteiger partial charge on any atom is 0.329 e. The zero-order valence-corrected chi connectivity index (χ0v) is 8.51. The summed E-state index contributed by atoms with van der Waals surface area (Å²) in [7, 11) is 0. The van der Waals surface area contributed by atoms with Gasteiger partial charge in [0.25, 0.3) is 0 Å². The SMILES string of the molecule is Cc1cc(C)cc(N(S)C(N)=O)c1. The molecule has 0 aliphatic heterocycles. The average Bonchev–Trinajstić information content (AvgIpc) is 2.01. The van der Waals surface area contributed by atoms with Crippen LogP contribution >= 0.6 is 12.8 Å². The second-order valence-corrected chi connectivity index (χ2v) is 3.40. The molecule has 1 aromatic carbocycles. The van der Waals surface area contributed by atoms with E-state index >= 15 is 0 Å². The lowest BCUT2D eigenvalue weighted by molar-refractivity contribution is 0.257. The van der Waals surface area contributed by atoms with Crippen molar-refractivity contribution in [3.8, 4) is 0 Å². The molecule has 4 heteroatoms. The van der Waals surface area contributed by atoms with Crippen LogP contribution in [0.2, 0.25) is 0 Å². The Balaban J connectivity index is 3.07. The van der Waals surface area contributed by atoms with Gasteiger partial charge in [0, 0.05) is 0 Å². The number of urea groups is 1. The second-order valence-electron chi connectivity index (χ2n) is 3.00. The van der Waals surface area contributed by atoms with E-state index in [4.69, 9.17) is 5.73 Å². The molecule has 0 aliphatic carbocycles. The van der Waals surface area contributed by atoms with Crippen LogP contribution in [0.5, 0.6) is 0 Å². The van der Waals surface area contributed by atoms with Crippen LogP contribution in [0.25, 0.3) is 0 Å². The summed E-state index contributed by atoms with van der Waals surface area (Å²) in [5, 5.41) is 0. The number of aryl methyl sites for hydroxylation is 2. The van der Waals surface area contributed by atoms with E-state index in [0.717, 1.165) is 15.4 Å². The fourth-order valence-corrected chi connectivity index (χ4v) is 1.32. The van der Waals surface area contributed by atoms with Crippen molar-refractivity contribution in [2.24, 2.45) is 5.73 Å². The minimum atomic E-state index is -0.576. The number of nitrogens with zero attached hydrogens (tertiary/aromatic N) is 1. The quantitative estimate of drug-likeness (QED) is 0.663. The molecule has 0 fully saturated rings. The Hall–Kier alpha value is -1.16. The number of hydrogen-bond acceptors (Lipinski definition) is 2. The van der Waals surface area contributed by atoms with Crippen LogP contribution in [0, 0.1) is 13.8 Å². The first-order chi connectivity index (χ1) is 6.00. The summed E-state index contributed by atoms with van der Waals surface area (Å²) >= 11 is 3.97. The van der Waals surface area contributed by atoms with E-state index in [1.807, 2.05) is 32.0 Å². The molecule has 0 bridgehead atoms. The van der Waals surface area contributed by atoms with Crippen LogP contribution in [-0.2, 0) is 0 Å². The minimum Gasteiger partial charge on any atom is -0.350 e. The highest BCUT2D eigenvalue weighted by atomic mass is 32.1. The van der Waals surface area contributed by atoms with Crippen molar-refractivity contribution >= 4 is 24.5 Å². The van der Waals surface area contributed by atoms with Gasteiger partial charge in [-0.1, -0.05) is 18.9 Å². The highest BCUT2D eigenvalue weighted by Crippen LogP contribution is 2.19. The van der Waals surface area contributed by atoms with Gasteiger partial charge in [0.2, 0.25) is 0 Å². The number of nitrogens with two attached hydrogens (primary N) is 1. The molecular weight excluding hydrogens is 184 g/mol. The Bertz CT molecular complexity index is 318. The molecule has 0 spiro atoms. The molecule has 0 saturated carbocycles. The molecule has 3 nitrogen and oxygen atoms in total. The highest BCUT2D eigenvalue weighted by Gasteiger charge is 2.07. The maximum absolute atomic E-state index is 10.8. The Morgan fingerprint density at radius 2 is 1.77 bits per heavy atom. The number of thiol groups is 1. The standard InChI is InChI=1S/C9H12N2OS/c1-6-3-7(2)5-8(4-6)11(13)9(10)12/h3-5,13H,1-2H3,(H2,10,12). The van der Waals surface area contributed by atoms with Crippen LogP contribution in [0.1, 0.15) is 11.1 Å². The van der Waals surface area contributed by atoms with Gasteiger partial charge >= 0.3 is 6.03 Å². The minimum absolute atomic E-state index is 0.576. The zero-order valence-electron chi connectivity index (χ0n) is 7.61. The third-order valence-corrected chi connectivity index (χ3v) is 2.09. The van der Waals surface area contributed by atoms with Crippen molar-refractivity contribution < 1.29 is 4.79 Å². The molecule has 0 heterocycles. The van der Waals surface area contributed by atoms with Gasteiger partial charge in [-0.3, -0.25) is 0 Å². The largest absolute Gasteiger partial charge is 0.350 e. The number of carbonyl (C=O) groups excluding carboxylic acids is 1. The van der Waals surface area contributed by atoms with Crippen LogP contribution in [0.3, 0.4) is 0 Å². The summed E-state index contributed by atoms with van der Waals surface area (Å²) in [6.07, 6.45) is 0. The first kappa shape index (κ1) is 9.92. The molecular formula is C9H12N2OS. The first-order valence-corrected chi connectivity index (χ1v) is 4.27. The summed E-state index contributed by atoms with van der Waals surface area (Å²) < 4.78 is 1.12. The van der Waals surface area contributed by atoms with Crippen molar-refractivity contribution in [3.05, 3.63) is 29.3 Å². The molecule has 70 valence electrons. The lowest BCUT2D eigenvalue weighted by Gasteiger charge is -2.13. The van der Waals surface area contributed by atoms with Gasteiger partial charge in [0.15, 0.2) is 0 Å². The van der Waals surface area contributed by atoms with Gasteiger partial charge in [-0.05, 0) is 37.1 Å². The Morgan fingerprint density at radius 3 is 2.15 bits per heavy atom. The van der Waals surface area contributed by atoms with Crippen molar-refractivity contribution in [1.82, 2.24) is 0 Å². The molecule has 0 radical (unpaired) electrons. The summed E-state index contributed by atoms with van der Waals surface area (Å²) in [5.41, 5.74) is 7.94. The molecule has 0 atom stereocenters. The third kappa shape index (κ3) is 2.39. The molecule has 2 amide bonds. The van der Waals surface area contributed by atoms with E-state index in [1.165, 1.54) is 0 Å². The van der Waals surface area contributed by atoms with Gasteiger partial charge < -0.3 is 5.73 Å². The van der Waals surface area contributed by atoms with Gasteiger partial charge in [-0.15, -0.1) is 0 Å². The van der Waals surface area contributed by atoms with Crippen LogP contribution in [-0.4, -0.2) is 6.03 Å². The van der Waals surface area contributed by atoms with Crippen molar-refractivity contribution in [2.45, 2.75) is 13.8 Å². The van der Waals surface area contributed by atoms with Gasteiger partial charge in [0.1, 0.15) is 0 Å². The van der Waals surface area contributed by atoms with E-state index < -0.39 is 6.03 Å². The smallest absolute Gasteiger partial charge is 0.329 e.